The summed E-state index contributed by atoms with van der Waals surface area (Å²) < 4.78 is 0. The Morgan fingerprint density at radius 2 is 1.21 bits per heavy atom. The molecule has 6 rings (SSSR count). The minimum absolute atomic E-state index is 0.123. The van der Waals surface area contributed by atoms with Crippen LogP contribution in [0.3, 0.4) is 0 Å². The molecule has 0 unspecified atom stereocenters. The second kappa shape index (κ2) is 9.54. The fourth-order valence-electron chi connectivity index (χ4n) is 5.30. The Hall–Kier alpha value is -4.30. The van der Waals surface area contributed by atoms with Crippen LogP contribution in [0, 0.1) is 0 Å². The Labute approximate surface area is 225 Å². The van der Waals surface area contributed by atoms with E-state index in [2.05, 4.69) is 143 Å². The van der Waals surface area contributed by atoms with Crippen LogP contribution in [0.1, 0.15) is 50.6 Å². The maximum Gasteiger partial charge on any atom is 0.132 e. The van der Waals surface area contributed by atoms with E-state index in [1.165, 1.54) is 27.6 Å². The van der Waals surface area contributed by atoms with E-state index in [-0.39, 0.29) is 11.3 Å². The van der Waals surface area contributed by atoms with Crippen LogP contribution in [-0.4, -0.2) is 9.97 Å². The van der Waals surface area contributed by atoms with Crippen LogP contribution in [0.2, 0.25) is 0 Å². The number of fused-ring (bicyclic) bond motifs is 3. The molecule has 0 atom stereocenters. The molecule has 2 heteroatoms. The van der Waals surface area contributed by atoms with Crippen molar-refractivity contribution in [3.63, 3.8) is 0 Å². The van der Waals surface area contributed by atoms with Gasteiger partial charge in [0.2, 0.25) is 0 Å². The average Bonchev–Trinajstić information content (AvgIpc) is 2.97. The van der Waals surface area contributed by atoms with Crippen molar-refractivity contribution in [3.05, 3.63) is 132 Å². The third-order valence-electron chi connectivity index (χ3n) is 7.68. The van der Waals surface area contributed by atoms with Gasteiger partial charge in [0.25, 0.3) is 0 Å². The molecule has 186 valence electrons. The molecular formula is C36H32N2. The topological polar surface area (TPSA) is 25.8 Å². The molecule has 0 bridgehead atoms. The highest BCUT2D eigenvalue weighted by Gasteiger charge is 2.24. The zero-order valence-electron chi connectivity index (χ0n) is 22.4. The van der Waals surface area contributed by atoms with Gasteiger partial charge >= 0.3 is 0 Å². The first-order valence-electron chi connectivity index (χ1n) is 13.4. The number of rotatable bonds is 5. The van der Waals surface area contributed by atoms with Crippen molar-refractivity contribution in [3.8, 4) is 22.4 Å². The highest BCUT2D eigenvalue weighted by molar-refractivity contribution is 6.10. The standard InChI is InChI=1S/C36H32N2/c1-24(2)35-37-33(28-14-11-17-30(23-28)36(3,4)29-15-9-6-10-16-29)32-21-19-27-22-26(25-12-7-5-8-13-25)18-20-31(27)34(32)38-35/h5-24H,1-4H3. The zero-order chi connectivity index (χ0) is 26.3. The van der Waals surface area contributed by atoms with Crippen LogP contribution in [-0.2, 0) is 5.41 Å². The van der Waals surface area contributed by atoms with Gasteiger partial charge in [0, 0.05) is 27.7 Å². The highest BCUT2D eigenvalue weighted by Crippen LogP contribution is 2.37. The summed E-state index contributed by atoms with van der Waals surface area (Å²) in [6.45, 7) is 8.91. The van der Waals surface area contributed by atoms with Crippen molar-refractivity contribution in [1.82, 2.24) is 9.97 Å². The maximum absolute atomic E-state index is 5.13. The number of aromatic nitrogens is 2. The lowest BCUT2D eigenvalue weighted by molar-refractivity contribution is 0.641. The van der Waals surface area contributed by atoms with E-state index >= 15 is 0 Å². The number of nitrogens with zero attached hydrogens (tertiary/aromatic N) is 2. The lowest BCUT2D eigenvalue weighted by Crippen LogP contribution is -2.18. The van der Waals surface area contributed by atoms with Gasteiger partial charge in [0.1, 0.15) is 5.82 Å². The fourth-order valence-corrected chi connectivity index (χ4v) is 5.30. The van der Waals surface area contributed by atoms with Crippen LogP contribution in [0.15, 0.2) is 115 Å². The first kappa shape index (κ1) is 24.1. The molecule has 5 aromatic carbocycles. The SMILES string of the molecule is CC(C)c1nc(-c2cccc(C(C)(C)c3ccccc3)c2)c2ccc3cc(-c4ccccc4)ccc3c2n1. The predicted molar refractivity (Wildman–Crippen MR) is 161 cm³/mol. The second-order valence-corrected chi connectivity index (χ2v) is 10.9. The first-order chi connectivity index (χ1) is 18.4. The quantitative estimate of drug-likeness (QED) is 0.224. The Balaban J connectivity index is 1.54. The van der Waals surface area contributed by atoms with E-state index in [1.807, 2.05) is 0 Å². The molecule has 0 amide bonds. The summed E-state index contributed by atoms with van der Waals surface area (Å²) in [6.07, 6.45) is 0. The largest absolute Gasteiger partial charge is 0.232 e. The molecule has 0 spiro atoms. The Bertz CT molecular complexity index is 1750. The van der Waals surface area contributed by atoms with Crippen LogP contribution < -0.4 is 0 Å². The fraction of sp³-hybridized carbons (Fsp3) is 0.167. The molecule has 0 aliphatic heterocycles. The first-order valence-corrected chi connectivity index (χ1v) is 13.4. The monoisotopic (exact) mass is 492 g/mol. The minimum atomic E-state index is -0.123. The molecule has 1 aromatic heterocycles. The lowest BCUT2D eigenvalue weighted by atomic mass is 9.77. The molecule has 0 N–H and O–H groups in total. The molecule has 0 fully saturated rings. The van der Waals surface area contributed by atoms with E-state index in [0.717, 1.165) is 33.4 Å². The van der Waals surface area contributed by atoms with Gasteiger partial charge in [0.05, 0.1) is 11.2 Å². The van der Waals surface area contributed by atoms with Gasteiger partial charge in [0.15, 0.2) is 0 Å². The van der Waals surface area contributed by atoms with E-state index in [9.17, 15) is 0 Å². The van der Waals surface area contributed by atoms with Crippen molar-refractivity contribution in [2.75, 3.05) is 0 Å². The molecule has 0 saturated heterocycles. The smallest absolute Gasteiger partial charge is 0.132 e. The van der Waals surface area contributed by atoms with Crippen LogP contribution in [0.25, 0.3) is 44.1 Å². The van der Waals surface area contributed by atoms with Crippen molar-refractivity contribution >= 4 is 21.7 Å². The van der Waals surface area contributed by atoms with Crippen molar-refractivity contribution in [2.24, 2.45) is 0 Å². The van der Waals surface area contributed by atoms with Crippen LogP contribution in [0.5, 0.6) is 0 Å². The van der Waals surface area contributed by atoms with Crippen molar-refractivity contribution < 1.29 is 0 Å². The predicted octanol–water partition coefficient (Wildman–Crippen LogP) is 9.57. The molecular weight excluding hydrogens is 460 g/mol. The number of hydrogen-bond acceptors (Lipinski definition) is 2. The second-order valence-electron chi connectivity index (χ2n) is 10.9. The van der Waals surface area contributed by atoms with Gasteiger partial charge < -0.3 is 0 Å². The van der Waals surface area contributed by atoms with Crippen LogP contribution in [0.4, 0.5) is 0 Å². The molecule has 1 heterocycles. The molecule has 2 nitrogen and oxygen atoms in total. The highest BCUT2D eigenvalue weighted by atomic mass is 14.9. The average molecular weight is 493 g/mol. The normalized spacial score (nSPS) is 11.9. The molecule has 38 heavy (non-hydrogen) atoms. The summed E-state index contributed by atoms with van der Waals surface area (Å²) in [7, 11) is 0. The maximum atomic E-state index is 5.13. The van der Waals surface area contributed by atoms with Gasteiger partial charge in [-0.05, 0) is 45.8 Å². The molecule has 0 radical (unpaired) electrons. The third-order valence-corrected chi connectivity index (χ3v) is 7.68. The van der Waals surface area contributed by atoms with E-state index < -0.39 is 0 Å². The summed E-state index contributed by atoms with van der Waals surface area (Å²) >= 11 is 0. The molecule has 6 aromatic rings. The van der Waals surface area contributed by atoms with E-state index in [1.54, 1.807) is 0 Å². The van der Waals surface area contributed by atoms with E-state index in [0.29, 0.717) is 0 Å². The molecule has 0 saturated carbocycles. The zero-order valence-corrected chi connectivity index (χ0v) is 22.4. The van der Waals surface area contributed by atoms with Gasteiger partial charge in [-0.25, -0.2) is 9.97 Å². The minimum Gasteiger partial charge on any atom is -0.232 e. The summed E-state index contributed by atoms with van der Waals surface area (Å²) in [6, 6.07) is 41.2. The van der Waals surface area contributed by atoms with E-state index in [4.69, 9.17) is 9.97 Å². The van der Waals surface area contributed by atoms with Crippen LogP contribution >= 0.6 is 0 Å². The summed E-state index contributed by atoms with van der Waals surface area (Å²) in [5.74, 6) is 1.10. The lowest BCUT2D eigenvalue weighted by Gasteiger charge is -2.26. The van der Waals surface area contributed by atoms with Gasteiger partial charge in [-0.1, -0.05) is 125 Å². The molecule has 0 aliphatic carbocycles. The van der Waals surface area contributed by atoms with Gasteiger partial charge in [-0.2, -0.15) is 0 Å². The Morgan fingerprint density at radius 3 is 1.95 bits per heavy atom. The Kier molecular flexibility index (Phi) is 6.04. The van der Waals surface area contributed by atoms with Gasteiger partial charge in [-0.3, -0.25) is 0 Å². The number of hydrogen-bond donors (Lipinski definition) is 0. The van der Waals surface area contributed by atoms with Crippen molar-refractivity contribution in [1.29, 1.82) is 0 Å². The number of benzene rings is 5. The summed E-state index contributed by atoms with van der Waals surface area (Å²) in [5, 5.41) is 3.44. The molecule has 0 aliphatic rings. The summed E-state index contributed by atoms with van der Waals surface area (Å²) in [5.41, 5.74) is 8.02. The Morgan fingerprint density at radius 1 is 0.553 bits per heavy atom. The van der Waals surface area contributed by atoms with Crippen molar-refractivity contribution in [2.45, 2.75) is 39.0 Å². The summed E-state index contributed by atoms with van der Waals surface area (Å²) in [4.78, 5) is 10.2. The van der Waals surface area contributed by atoms with Gasteiger partial charge in [-0.15, -0.1) is 0 Å². The third kappa shape index (κ3) is 4.26.